The first-order chi connectivity index (χ1) is 29.8. The van der Waals surface area contributed by atoms with Gasteiger partial charge in [-0.3, -0.25) is 0 Å². The lowest BCUT2D eigenvalue weighted by molar-refractivity contribution is 0.102. The van der Waals surface area contributed by atoms with E-state index in [2.05, 4.69) is 41.5 Å². The minimum absolute atomic E-state index is 0. The van der Waals surface area contributed by atoms with E-state index in [-0.39, 0.29) is 19.5 Å². The molecule has 2 nitrogen and oxygen atoms in total. The van der Waals surface area contributed by atoms with E-state index >= 15 is 0 Å². The summed E-state index contributed by atoms with van der Waals surface area (Å²) in [6.45, 7) is 14.4. The molecule has 0 unspecified atom stereocenters. The fourth-order valence-electron chi connectivity index (χ4n) is 16.8. The second-order valence-corrected chi connectivity index (χ2v) is 25.3. The lowest BCUT2D eigenvalue weighted by Gasteiger charge is -2.41. The molecule has 0 saturated heterocycles. The van der Waals surface area contributed by atoms with Crippen LogP contribution in [-0.4, -0.2) is 11.0 Å². The Morgan fingerprint density at radius 3 is 0.571 bits per heavy atom. The lowest BCUT2D eigenvalue weighted by atomic mass is 9.64. The third-order valence-electron chi connectivity index (χ3n) is 21.3. The molecule has 8 fully saturated rings. The molecule has 0 spiro atoms. The zero-order valence-corrected chi connectivity index (χ0v) is 43.8. The monoisotopic (exact) mass is 893 g/mol. The van der Waals surface area contributed by atoms with Crippen molar-refractivity contribution < 1.29 is 19.5 Å². The maximum Gasteiger partial charge on any atom is 0 e. The van der Waals surface area contributed by atoms with Crippen LogP contribution in [-0.2, 0) is 0 Å². The van der Waals surface area contributed by atoms with Crippen LogP contribution in [0.2, 0.25) is 0 Å². The molecule has 8 aliphatic carbocycles. The zero-order chi connectivity index (χ0) is 42.8. The number of rotatable bonds is 12. The van der Waals surface area contributed by atoms with Crippen molar-refractivity contribution >= 4 is 0 Å². The highest BCUT2D eigenvalue weighted by atomic mass is 16.0. The molecule has 0 radical (unpaired) electrons. The second-order valence-electron chi connectivity index (χ2n) is 25.3. The molecule has 2 heteroatoms. The standard InChI is InChI=1S/C24H44.C22H40.C15H28.2H2O.6H2/c1-3-5-19-7-11-21(12-8-19)23-15-17-24(18-16-23)22-13-9-20(6-4-2)10-14-22;1-3-4-18-7-11-20(12-8-18)22-15-13-21(14-16-22)19-9-5-17(2)6-10-19;1-3-13-6-10-15(11-7-13)14-8-4-12(2)5-9-14;;;;;;;;/h19-24H,3-18H2,1-2H3;17-22H,3-16H2,1-2H3;12-15H,3-11H2,1-2H3;2*1H2;6*1H. The summed E-state index contributed by atoms with van der Waals surface area (Å²) in [5.74, 6) is 17.5. The minimum Gasteiger partial charge on any atom is -0.412 e. The van der Waals surface area contributed by atoms with Gasteiger partial charge in [0, 0.05) is 8.56 Å². The Morgan fingerprint density at radius 1 is 0.238 bits per heavy atom. The first-order valence-electron chi connectivity index (χ1n) is 29.8. The summed E-state index contributed by atoms with van der Waals surface area (Å²) in [4.78, 5) is 0. The molecule has 8 rings (SSSR count). The maximum absolute atomic E-state index is 2.46. The molecule has 0 aromatic carbocycles. The molecule has 0 atom stereocenters. The van der Waals surface area contributed by atoms with Crippen LogP contribution in [0.25, 0.3) is 0 Å². The second kappa shape index (κ2) is 30.4. The lowest BCUT2D eigenvalue weighted by Crippen LogP contribution is -2.29. The molecule has 0 aromatic heterocycles. The molecule has 0 heterocycles. The summed E-state index contributed by atoms with van der Waals surface area (Å²) in [6.07, 6.45) is 60.0. The quantitative estimate of drug-likeness (QED) is 0.187. The van der Waals surface area contributed by atoms with Crippen molar-refractivity contribution in [3.63, 3.8) is 0 Å². The molecular weight excluding hydrogens is 765 g/mol. The fourth-order valence-corrected chi connectivity index (χ4v) is 16.8. The van der Waals surface area contributed by atoms with E-state index in [0.717, 1.165) is 94.7 Å². The predicted octanol–water partition coefficient (Wildman–Crippen LogP) is 20.1. The van der Waals surface area contributed by atoms with E-state index in [1.165, 1.54) is 83.5 Å². The smallest absolute Gasteiger partial charge is 0 e. The van der Waals surface area contributed by atoms with Crippen LogP contribution >= 0.6 is 0 Å². The normalized spacial score (nSPS) is 41.2. The first-order valence-corrected chi connectivity index (χ1v) is 29.8. The molecule has 8 aliphatic rings. The van der Waals surface area contributed by atoms with Crippen molar-refractivity contribution in [2.24, 2.45) is 94.7 Å². The van der Waals surface area contributed by atoms with Crippen LogP contribution in [0.4, 0.5) is 0 Å². The minimum atomic E-state index is 0. The van der Waals surface area contributed by atoms with Gasteiger partial charge in [0.1, 0.15) is 0 Å². The van der Waals surface area contributed by atoms with Gasteiger partial charge in [0.05, 0.1) is 0 Å². The van der Waals surface area contributed by atoms with Crippen molar-refractivity contribution in [3.05, 3.63) is 0 Å². The van der Waals surface area contributed by atoms with Crippen molar-refractivity contribution in [2.45, 2.75) is 292 Å². The van der Waals surface area contributed by atoms with Gasteiger partial charge in [-0.05, 0) is 223 Å². The van der Waals surface area contributed by atoms with Crippen molar-refractivity contribution in [1.29, 1.82) is 0 Å². The van der Waals surface area contributed by atoms with E-state index in [4.69, 9.17) is 0 Å². The zero-order valence-electron chi connectivity index (χ0n) is 43.8. The average Bonchev–Trinajstić information content (AvgIpc) is 3.31. The van der Waals surface area contributed by atoms with Crippen LogP contribution in [0.1, 0.15) is 301 Å². The van der Waals surface area contributed by atoms with Crippen molar-refractivity contribution in [3.8, 4) is 0 Å². The fraction of sp³-hybridized carbons (Fsp3) is 1.00. The van der Waals surface area contributed by atoms with Gasteiger partial charge < -0.3 is 11.0 Å². The summed E-state index contributed by atoms with van der Waals surface area (Å²) < 4.78 is 0. The van der Waals surface area contributed by atoms with Crippen LogP contribution < -0.4 is 0 Å². The van der Waals surface area contributed by atoms with Crippen LogP contribution in [0, 0.1) is 94.7 Å². The molecule has 0 aliphatic heterocycles. The van der Waals surface area contributed by atoms with Crippen LogP contribution in [0.15, 0.2) is 0 Å². The Kier molecular flexibility index (Phi) is 26.8. The average molecular weight is 894 g/mol. The highest BCUT2D eigenvalue weighted by molar-refractivity contribution is 4.88. The molecule has 63 heavy (non-hydrogen) atoms. The van der Waals surface area contributed by atoms with E-state index in [0.29, 0.717) is 0 Å². The number of hydrogen-bond acceptors (Lipinski definition) is 0. The van der Waals surface area contributed by atoms with E-state index < -0.39 is 0 Å². The molecule has 4 N–H and O–H groups in total. The summed E-state index contributed by atoms with van der Waals surface area (Å²) in [7, 11) is 0. The molecular formula is C61H128O2. The van der Waals surface area contributed by atoms with Crippen LogP contribution in [0.5, 0.6) is 0 Å². The summed E-state index contributed by atoms with van der Waals surface area (Å²) in [5, 5.41) is 0. The van der Waals surface area contributed by atoms with Gasteiger partial charge in [-0.2, -0.15) is 0 Å². The van der Waals surface area contributed by atoms with Gasteiger partial charge in [-0.25, -0.2) is 0 Å². The maximum atomic E-state index is 2.46. The van der Waals surface area contributed by atoms with Gasteiger partial charge in [-0.1, -0.05) is 164 Å². The topological polar surface area (TPSA) is 63.0 Å². The van der Waals surface area contributed by atoms with Crippen LogP contribution in [0.3, 0.4) is 0 Å². The molecule has 0 bridgehead atoms. The van der Waals surface area contributed by atoms with Gasteiger partial charge >= 0.3 is 0 Å². The predicted molar refractivity (Wildman–Crippen MR) is 290 cm³/mol. The Labute approximate surface area is 404 Å². The van der Waals surface area contributed by atoms with E-state index in [1.807, 2.05) is 0 Å². The largest absolute Gasteiger partial charge is 0.412 e. The van der Waals surface area contributed by atoms with E-state index in [9.17, 15) is 0 Å². The Morgan fingerprint density at radius 2 is 0.397 bits per heavy atom. The highest BCUT2D eigenvalue weighted by Gasteiger charge is 2.36. The summed E-state index contributed by atoms with van der Waals surface area (Å²) >= 11 is 0. The Balaban J connectivity index is -0.000000914. The van der Waals surface area contributed by atoms with E-state index in [1.54, 1.807) is 167 Å². The third kappa shape index (κ3) is 18.1. The summed E-state index contributed by atoms with van der Waals surface area (Å²) in [5.41, 5.74) is 0. The SMILES string of the molecule is CCC1CCC(C2CCC(C)CC2)CC1.CCCC1CCC(C2CCC(C3CCC(C)CC3)CC2)CC1.CCCC1CCC(C2CCC(C3CCC(CCC)CC3)CC2)CC1.O.O.[HH].[HH].[HH].[HH].[HH].[HH]. The highest BCUT2D eigenvalue weighted by Crippen LogP contribution is 2.49. The van der Waals surface area contributed by atoms with Crippen molar-refractivity contribution in [1.82, 2.24) is 0 Å². The Bertz CT molecular complexity index is 1070. The molecule has 384 valence electrons. The van der Waals surface area contributed by atoms with Gasteiger partial charge in [0.2, 0.25) is 0 Å². The molecule has 8 saturated carbocycles. The number of hydrogen-bond donors (Lipinski definition) is 0. The van der Waals surface area contributed by atoms with Crippen molar-refractivity contribution in [2.75, 3.05) is 0 Å². The third-order valence-corrected chi connectivity index (χ3v) is 21.3. The van der Waals surface area contributed by atoms with Gasteiger partial charge in [-0.15, -0.1) is 0 Å². The summed E-state index contributed by atoms with van der Waals surface area (Å²) in [6, 6.07) is 0. The molecule has 0 amide bonds. The first kappa shape index (κ1) is 55.5. The Hall–Kier alpha value is -0.0800. The molecule has 0 aromatic rings. The van der Waals surface area contributed by atoms with Gasteiger partial charge in [0.15, 0.2) is 0 Å². The van der Waals surface area contributed by atoms with Gasteiger partial charge in [0.25, 0.3) is 0 Å².